The molecule has 0 fully saturated rings. The smallest absolute Gasteiger partial charge is 0.0546 e. The minimum Gasteiger partial charge on any atom is -0.310 e. The molecule has 11 aromatic rings. The standard InChI is InChI=1S/C57H39NS/c1-57(2)51-33-40-15-4-3-14-39(40)32-50(51)46-30-28-43(35-52(46)57)58(42-26-22-36(23-27-42)41-24-29-48-47-19-9-10-21-54(47)59-55(48)34-41)53-31-25-38-13-6-8-18-45(38)56(53)49-20-11-16-37-12-5-7-17-44(37)49/h3-35H,1-2H3. The van der Waals surface area contributed by atoms with Crippen molar-refractivity contribution < 1.29 is 0 Å². The molecule has 1 aliphatic carbocycles. The van der Waals surface area contributed by atoms with Crippen LogP contribution in [0.2, 0.25) is 0 Å². The maximum atomic E-state index is 2.50. The predicted molar refractivity (Wildman–Crippen MR) is 255 cm³/mol. The molecule has 12 rings (SSSR count). The summed E-state index contributed by atoms with van der Waals surface area (Å²) in [6, 6.07) is 74.6. The highest BCUT2D eigenvalue weighted by Gasteiger charge is 2.36. The third-order valence-corrected chi connectivity index (χ3v) is 14.0. The lowest BCUT2D eigenvalue weighted by Gasteiger charge is -2.31. The fourth-order valence-electron chi connectivity index (χ4n) is 9.86. The monoisotopic (exact) mass is 769 g/mol. The van der Waals surface area contributed by atoms with Crippen LogP contribution in [0.5, 0.6) is 0 Å². The molecule has 10 aromatic carbocycles. The Bertz CT molecular complexity index is 3470. The number of benzene rings is 10. The van der Waals surface area contributed by atoms with Crippen LogP contribution in [0, 0.1) is 0 Å². The molecular weight excluding hydrogens is 731 g/mol. The van der Waals surface area contributed by atoms with Crippen LogP contribution in [0.3, 0.4) is 0 Å². The average molecular weight is 770 g/mol. The van der Waals surface area contributed by atoms with Crippen LogP contribution in [0.4, 0.5) is 17.1 Å². The van der Waals surface area contributed by atoms with E-state index in [-0.39, 0.29) is 5.41 Å². The fraction of sp³-hybridized carbons (Fsp3) is 0.0526. The minimum absolute atomic E-state index is 0.173. The van der Waals surface area contributed by atoms with Crippen LogP contribution in [0.25, 0.3) is 85.9 Å². The quantitative estimate of drug-likeness (QED) is 0.169. The van der Waals surface area contributed by atoms with Gasteiger partial charge in [-0.1, -0.05) is 159 Å². The highest BCUT2D eigenvalue weighted by molar-refractivity contribution is 7.25. The molecule has 0 amide bonds. The normalized spacial score (nSPS) is 13.1. The van der Waals surface area contributed by atoms with Crippen molar-refractivity contribution in [2.75, 3.05) is 4.90 Å². The molecule has 278 valence electrons. The molecule has 2 heteroatoms. The van der Waals surface area contributed by atoms with Gasteiger partial charge in [0, 0.05) is 42.5 Å². The van der Waals surface area contributed by atoms with Crippen molar-refractivity contribution in [1.29, 1.82) is 0 Å². The molecule has 0 bridgehead atoms. The Labute approximate surface area is 348 Å². The summed E-state index contributed by atoms with van der Waals surface area (Å²) < 4.78 is 2.65. The molecule has 0 saturated heterocycles. The third-order valence-electron chi connectivity index (χ3n) is 12.8. The zero-order chi connectivity index (χ0) is 39.2. The van der Waals surface area contributed by atoms with E-state index in [1.807, 2.05) is 11.3 Å². The van der Waals surface area contributed by atoms with Crippen LogP contribution >= 0.6 is 11.3 Å². The van der Waals surface area contributed by atoms with Gasteiger partial charge in [-0.2, -0.15) is 0 Å². The van der Waals surface area contributed by atoms with E-state index in [2.05, 4.69) is 219 Å². The van der Waals surface area contributed by atoms with Crippen molar-refractivity contribution in [2.24, 2.45) is 0 Å². The fourth-order valence-corrected chi connectivity index (χ4v) is 11.0. The summed E-state index contributed by atoms with van der Waals surface area (Å²) in [5, 5.41) is 10.2. The van der Waals surface area contributed by atoms with Gasteiger partial charge in [-0.05, 0) is 126 Å². The Morgan fingerprint density at radius 2 is 0.983 bits per heavy atom. The molecule has 1 aliphatic rings. The van der Waals surface area contributed by atoms with E-state index in [4.69, 9.17) is 0 Å². The summed E-state index contributed by atoms with van der Waals surface area (Å²) in [5.74, 6) is 0. The minimum atomic E-state index is -0.173. The SMILES string of the molecule is CC1(C)c2cc(N(c3ccc(-c4ccc5c(c4)sc4ccccc45)cc3)c3ccc4ccccc4c3-c3cccc4ccccc34)ccc2-c2cc3ccccc3cc21. The second-order valence-electron chi connectivity index (χ2n) is 16.5. The van der Waals surface area contributed by atoms with E-state index in [1.165, 1.54) is 97.0 Å². The molecular formula is C57H39NS. The van der Waals surface area contributed by atoms with Gasteiger partial charge in [-0.3, -0.25) is 0 Å². The summed E-state index contributed by atoms with van der Waals surface area (Å²) in [7, 11) is 0. The summed E-state index contributed by atoms with van der Waals surface area (Å²) >= 11 is 1.87. The highest BCUT2D eigenvalue weighted by Crippen LogP contribution is 2.53. The van der Waals surface area contributed by atoms with Crippen LogP contribution in [0.15, 0.2) is 200 Å². The highest BCUT2D eigenvalue weighted by atomic mass is 32.1. The van der Waals surface area contributed by atoms with Gasteiger partial charge < -0.3 is 4.90 Å². The maximum absolute atomic E-state index is 2.50. The van der Waals surface area contributed by atoms with E-state index in [0.29, 0.717) is 0 Å². The summed E-state index contributed by atoms with van der Waals surface area (Å²) in [6.45, 7) is 4.78. The van der Waals surface area contributed by atoms with Crippen molar-refractivity contribution >= 4 is 80.9 Å². The Balaban J connectivity index is 1.07. The van der Waals surface area contributed by atoms with E-state index in [0.717, 1.165) is 17.1 Å². The molecule has 0 saturated carbocycles. The number of thiophene rings is 1. The Morgan fingerprint density at radius 1 is 0.373 bits per heavy atom. The lowest BCUT2D eigenvalue weighted by molar-refractivity contribution is 0.661. The van der Waals surface area contributed by atoms with Crippen molar-refractivity contribution in [2.45, 2.75) is 19.3 Å². The number of hydrogen-bond donors (Lipinski definition) is 0. The molecule has 1 heterocycles. The first kappa shape index (κ1) is 34.1. The zero-order valence-corrected chi connectivity index (χ0v) is 33.7. The predicted octanol–water partition coefficient (Wildman–Crippen LogP) is 16.6. The lowest BCUT2D eigenvalue weighted by Crippen LogP contribution is -2.17. The summed E-state index contributed by atoms with van der Waals surface area (Å²) in [4.78, 5) is 2.50. The molecule has 0 atom stereocenters. The van der Waals surface area contributed by atoms with Crippen molar-refractivity contribution in [1.82, 2.24) is 0 Å². The van der Waals surface area contributed by atoms with Gasteiger partial charge in [-0.25, -0.2) is 0 Å². The van der Waals surface area contributed by atoms with Gasteiger partial charge in [0.05, 0.1) is 5.69 Å². The van der Waals surface area contributed by atoms with Crippen molar-refractivity contribution in [3.05, 3.63) is 211 Å². The maximum Gasteiger partial charge on any atom is 0.0546 e. The van der Waals surface area contributed by atoms with Crippen molar-refractivity contribution in [3.63, 3.8) is 0 Å². The number of rotatable bonds is 5. The van der Waals surface area contributed by atoms with Gasteiger partial charge in [0.2, 0.25) is 0 Å². The van der Waals surface area contributed by atoms with Crippen LogP contribution in [-0.2, 0) is 5.41 Å². The van der Waals surface area contributed by atoms with Crippen molar-refractivity contribution in [3.8, 4) is 33.4 Å². The van der Waals surface area contributed by atoms with Gasteiger partial charge in [0.1, 0.15) is 0 Å². The molecule has 0 aliphatic heterocycles. The van der Waals surface area contributed by atoms with E-state index in [1.54, 1.807) is 0 Å². The van der Waals surface area contributed by atoms with Gasteiger partial charge >= 0.3 is 0 Å². The zero-order valence-electron chi connectivity index (χ0n) is 32.9. The van der Waals surface area contributed by atoms with Crippen LogP contribution in [0.1, 0.15) is 25.0 Å². The Kier molecular flexibility index (Phi) is 7.51. The second-order valence-corrected chi connectivity index (χ2v) is 17.6. The van der Waals surface area contributed by atoms with Gasteiger partial charge in [-0.15, -0.1) is 11.3 Å². The first-order valence-electron chi connectivity index (χ1n) is 20.5. The first-order chi connectivity index (χ1) is 29.0. The molecule has 1 nitrogen and oxygen atoms in total. The average Bonchev–Trinajstić information content (AvgIpc) is 3.76. The topological polar surface area (TPSA) is 3.24 Å². The lowest BCUT2D eigenvalue weighted by atomic mass is 9.81. The molecule has 59 heavy (non-hydrogen) atoms. The van der Waals surface area contributed by atoms with Crippen LogP contribution < -0.4 is 4.90 Å². The molecule has 0 spiro atoms. The van der Waals surface area contributed by atoms with E-state index in [9.17, 15) is 0 Å². The summed E-state index contributed by atoms with van der Waals surface area (Å²) in [5.41, 5.74) is 13.5. The summed E-state index contributed by atoms with van der Waals surface area (Å²) in [6.07, 6.45) is 0. The molecule has 1 aromatic heterocycles. The molecule has 0 radical (unpaired) electrons. The van der Waals surface area contributed by atoms with Gasteiger partial charge in [0.25, 0.3) is 0 Å². The number of nitrogens with zero attached hydrogens (tertiary/aromatic N) is 1. The van der Waals surface area contributed by atoms with Crippen LogP contribution in [-0.4, -0.2) is 0 Å². The molecule has 0 unspecified atom stereocenters. The second kappa shape index (κ2) is 13.0. The largest absolute Gasteiger partial charge is 0.310 e. The third kappa shape index (κ3) is 5.30. The Hall–Kier alpha value is -7.00. The molecule has 0 N–H and O–H groups in total. The van der Waals surface area contributed by atoms with E-state index < -0.39 is 0 Å². The Morgan fingerprint density at radius 3 is 1.80 bits per heavy atom. The number of fused-ring (bicyclic) bond motifs is 9. The number of anilines is 3. The van der Waals surface area contributed by atoms with Gasteiger partial charge in [0.15, 0.2) is 0 Å². The number of hydrogen-bond acceptors (Lipinski definition) is 2. The first-order valence-corrected chi connectivity index (χ1v) is 21.3. The van der Waals surface area contributed by atoms with E-state index >= 15 is 0 Å².